The van der Waals surface area contributed by atoms with Gasteiger partial charge >= 0.3 is 0 Å². The summed E-state index contributed by atoms with van der Waals surface area (Å²) in [6.45, 7) is 2.06. The molecule has 0 bridgehead atoms. The number of amidine groups is 1. The van der Waals surface area contributed by atoms with Crippen molar-refractivity contribution in [1.29, 1.82) is 5.41 Å². The van der Waals surface area contributed by atoms with Crippen LogP contribution >= 0.6 is 11.3 Å². The van der Waals surface area contributed by atoms with Crippen molar-refractivity contribution < 1.29 is 0 Å². The summed E-state index contributed by atoms with van der Waals surface area (Å²) >= 11 is 1.60. The molecule has 4 nitrogen and oxygen atoms in total. The number of nitrogens with two attached hydrogens (primary N) is 1. The Morgan fingerprint density at radius 1 is 1.19 bits per heavy atom. The fourth-order valence-corrected chi connectivity index (χ4v) is 2.94. The highest BCUT2D eigenvalue weighted by Crippen LogP contribution is 2.30. The molecular weight excluding hydrogens is 280 g/mol. The van der Waals surface area contributed by atoms with Crippen LogP contribution in [0.15, 0.2) is 48.1 Å². The molecule has 1 aromatic carbocycles. The third-order valence-corrected chi connectivity index (χ3v) is 4.14. The maximum absolute atomic E-state index is 7.41. The predicted molar refractivity (Wildman–Crippen MR) is 86.5 cm³/mol. The number of benzene rings is 1. The standard InChI is InChI=1S/C16H14N4S/c1-10-6-7-19-8-13(10)16-20-14(9-21-16)11-2-4-12(5-3-11)15(17)18/h2-9H,1H3,(H3,17,18). The van der Waals surface area contributed by atoms with Crippen LogP contribution in [0, 0.1) is 12.3 Å². The van der Waals surface area contributed by atoms with Crippen LogP contribution in [-0.2, 0) is 0 Å². The molecule has 0 aliphatic heterocycles. The molecule has 0 atom stereocenters. The van der Waals surface area contributed by atoms with Crippen LogP contribution in [0.2, 0.25) is 0 Å². The van der Waals surface area contributed by atoms with Gasteiger partial charge in [-0.3, -0.25) is 10.4 Å². The summed E-state index contributed by atoms with van der Waals surface area (Å²) in [5.74, 6) is 0.0755. The lowest BCUT2D eigenvalue weighted by molar-refractivity contribution is 1.27. The van der Waals surface area contributed by atoms with Gasteiger partial charge in [0.15, 0.2) is 0 Å². The van der Waals surface area contributed by atoms with Crippen LogP contribution in [0.4, 0.5) is 0 Å². The number of nitrogens with one attached hydrogen (secondary N) is 1. The molecule has 0 aliphatic carbocycles. The minimum atomic E-state index is 0.0755. The minimum absolute atomic E-state index is 0.0755. The van der Waals surface area contributed by atoms with Crippen molar-refractivity contribution >= 4 is 17.2 Å². The highest BCUT2D eigenvalue weighted by molar-refractivity contribution is 7.13. The first-order chi connectivity index (χ1) is 10.1. The van der Waals surface area contributed by atoms with E-state index in [1.807, 2.05) is 41.9 Å². The largest absolute Gasteiger partial charge is 0.384 e. The van der Waals surface area contributed by atoms with Gasteiger partial charge < -0.3 is 5.73 Å². The van der Waals surface area contributed by atoms with Crippen molar-refractivity contribution in [3.8, 4) is 21.8 Å². The van der Waals surface area contributed by atoms with E-state index in [0.717, 1.165) is 33.0 Å². The normalized spacial score (nSPS) is 10.5. The molecule has 0 unspecified atom stereocenters. The lowest BCUT2D eigenvalue weighted by Gasteiger charge is -2.01. The highest BCUT2D eigenvalue weighted by Gasteiger charge is 2.09. The Labute approximate surface area is 126 Å². The molecule has 3 N–H and O–H groups in total. The SMILES string of the molecule is Cc1ccncc1-c1nc(-c2ccc(C(=N)N)cc2)cs1. The van der Waals surface area contributed by atoms with Crippen molar-refractivity contribution in [2.24, 2.45) is 5.73 Å². The Bertz CT molecular complexity index is 790. The van der Waals surface area contributed by atoms with Gasteiger partial charge in [0.1, 0.15) is 10.8 Å². The van der Waals surface area contributed by atoms with Crippen LogP contribution in [0.3, 0.4) is 0 Å². The molecule has 2 aromatic heterocycles. The van der Waals surface area contributed by atoms with E-state index >= 15 is 0 Å². The van der Waals surface area contributed by atoms with Gasteiger partial charge in [-0.15, -0.1) is 11.3 Å². The molecule has 0 saturated heterocycles. The molecule has 0 spiro atoms. The van der Waals surface area contributed by atoms with E-state index < -0.39 is 0 Å². The first kappa shape index (κ1) is 13.5. The summed E-state index contributed by atoms with van der Waals surface area (Å²) in [6.07, 6.45) is 3.63. The van der Waals surface area contributed by atoms with Crippen molar-refractivity contribution in [3.05, 3.63) is 59.2 Å². The van der Waals surface area contributed by atoms with Crippen molar-refractivity contribution in [1.82, 2.24) is 9.97 Å². The third kappa shape index (κ3) is 2.68. The first-order valence-electron chi connectivity index (χ1n) is 6.46. The van der Waals surface area contributed by atoms with Gasteiger partial charge in [0.2, 0.25) is 0 Å². The molecule has 3 rings (SSSR count). The number of nitrogens with zero attached hydrogens (tertiary/aromatic N) is 2. The van der Waals surface area contributed by atoms with Gasteiger partial charge in [0, 0.05) is 34.5 Å². The number of aryl methyl sites for hydroxylation is 1. The van der Waals surface area contributed by atoms with Gasteiger partial charge in [0.05, 0.1) is 5.69 Å². The highest BCUT2D eigenvalue weighted by atomic mass is 32.1. The quantitative estimate of drug-likeness (QED) is 0.573. The monoisotopic (exact) mass is 294 g/mol. The number of nitrogen functional groups attached to an aromatic ring is 1. The van der Waals surface area contributed by atoms with E-state index in [-0.39, 0.29) is 5.84 Å². The summed E-state index contributed by atoms with van der Waals surface area (Å²) in [5, 5.41) is 10.4. The predicted octanol–water partition coefficient (Wildman–Crippen LogP) is 3.46. The fraction of sp³-hybridized carbons (Fsp3) is 0.0625. The maximum atomic E-state index is 7.41. The Morgan fingerprint density at radius 3 is 2.62 bits per heavy atom. The van der Waals surface area contributed by atoms with Crippen LogP contribution in [-0.4, -0.2) is 15.8 Å². The number of aromatic nitrogens is 2. The Balaban J connectivity index is 1.95. The van der Waals surface area contributed by atoms with Gasteiger partial charge in [-0.1, -0.05) is 24.3 Å². The number of rotatable bonds is 3. The molecule has 0 amide bonds. The molecule has 3 aromatic rings. The third-order valence-electron chi connectivity index (χ3n) is 3.27. The summed E-state index contributed by atoms with van der Waals surface area (Å²) < 4.78 is 0. The summed E-state index contributed by atoms with van der Waals surface area (Å²) in [5.41, 5.74) is 10.4. The lowest BCUT2D eigenvalue weighted by atomic mass is 10.1. The zero-order chi connectivity index (χ0) is 14.8. The molecule has 2 heterocycles. The Hall–Kier alpha value is -2.53. The molecular formula is C16H14N4S. The molecule has 0 radical (unpaired) electrons. The van der Waals surface area contributed by atoms with Gasteiger partial charge in [-0.05, 0) is 18.6 Å². The molecule has 5 heteroatoms. The van der Waals surface area contributed by atoms with E-state index in [9.17, 15) is 0 Å². The zero-order valence-electron chi connectivity index (χ0n) is 11.5. The number of pyridine rings is 1. The van der Waals surface area contributed by atoms with Crippen molar-refractivity contribution in [2.45, 2.75) is 6.92 Å². The first-order valence-corrected chi connectivity index (χ1v) is 7.34. The smallest absolute Gasteiger partial charge is 0.125 e. The minimum Gasteiger partial charge on any atom is -0.384 e. The van der Waals surface area contributed by atoms with E-state index in [1.54, 1.807) is 17.5 Å². The van der Waals surface area contributed by atoms with Gasteiger partial charge in [-0.25, -0.2) is 4.98 Å². The summed E-state index contributed by atoms with van der Waals surface area (Å²) in [4.78, 5) is 8.84. The molecule has 104 valence electrons. The summed E-state index contributed by atoms with van der Waals surface area (Å²) in [7, 11) is 0. The maximum Gasteiger partial charge on any atom is 0.125 e. The second kappa shape index (κ2) is 5.46. The van der Waals surface area contributed by atoms with E-state index in [2.05, 4.69) is 16.9 Å². The molecule has 0 saturated carbocycles. The van der Waals surface area contributed by atoms with Gasteiger partial charge in [-0.2, -0.15) is 0 Å². The van der Waals surface area contributed by atoms with Crippen LogP contribution in [0.5, 0.6) is 0 Å². The van der Waals surface area contributed by atoms with E-state index in [1.165, 1.54) is 0 Å². The molecule has 21 heavy (non-hydrogen) atoms. The second-order valence-electron chi connectivity index (χ2n) is 4.72. The second-order valence-corrected chi connectivity index (χ2v) is 5.58. The molecule has 0 fully saturated rings. The van der Waals surface area contributed by atoms with Crippen molar-refractivity contribution in [3.63, 3.8) is 0 Å². The Kier molecular flexibility index (Phi) is 3.50. The number of hydrogen-bond donors (Lipinski definition) is 2. The van der Waals surface area contributed by atoms with Crippen LogP contribution < -0.4 is 5.73 Å². The average molecular weight is 294 g/mol. The number of thiazole rings is 1. The topological polar surface area (TPSA) is 75.7 Å². The number of hydrogen-bond acceptors (Lipinski definition) is 4. The lowest BCUT2D eigenvalue weighted by Crippen LogP contribution is -2.10. The van der Waals surface area contributed by atoms with Crippen LogP contribution in [0.25, 0.3) is 21.8 Å². The van der Waals surface area contributed by atoms with Gasteiger partial charge in [0.25, 0.3) is 0 Å². The van der Waals surface area contributed by atoms with E-state index in [0.29, 0.717) is 0 Å². The van der Waals surface area contributed by atoms with E-state index in [4.69, 9.17) is 11.1 Å². The zero-order valence-corrected chi connectivity index (χ0v) is 12.3. The summed E-state index contributed by atoms with van der Waals surface area (Å²) in [6, 6.07) is 9.54. The van der Waals surface area contributed by atoms with Crippen molar-refractivity contribution in [2.75, 3.05) is 0 Å². The fourth-order valence-electron chi connectivity index (χ4n) is 2.04. The Morgan fingerprint density at radius 2 is 1.95 bits per heavy atom. The van der Waals surface area contributed by atoms with Crippen LogP contribution in [0.1, 0.15) is 11.1 Å². The molecule has 0 aliphatic rings. The average Bonchev–Trinajstić information content (AvgIpc) is 2.97.